The number of aliphatic hydroxyl groups is 2. The molecule has 0 saturated carbocycles. The van der Waals surface area contributed by atoms with E-state index in [1.54, 1.807) is 22.5 Å². The van der Waals surface area contributed by atoms with Crippen LogP contribution in [0.1, 0.15) is 80.6 Å². The largest absolute Gasteiger partial charge is 0.508 e. The van der Waals surface area contributed by atoms with Gasteiger partial charge in [0.15, 0.2) is 0 Å². The number of sulfonamides is 1. The van der Waals surface area contributed by atoms with Crippen molar-refractivity contribution in [3.8, 4) is 5.75 Å². The molecule has 39 heavy (non-hydrogen) atoms. The molecular formula is C30H46N2O6S. The van der Waals surface area contributed by atoms with Crippen LogP contribution in [0.2, 0.25) is 0 Å². The molecule has 0 amide bonds. The van der Waals surface area contributed by atoms with Crippen LogP contribution in [-0.2, 0) is 27.8 Å². The van der Waals surface area contributed by atoms with Gasteiger partial charge < -0.3 is 25.4 Å². The molecule has 1 fully saturated rings. The third kappa shape index (κ3) is 10.2. The average molecular weight is 563 g/mol. The lowest BCUT2D eigenvalue weighted by atomic mass is 10.1. The Bertz CT molecular complexity index is 1090. The third-order valence-electron chi connectivity index (χ3n) is 7.28. The van der Waals surface area contributed by atoms with Gasteiger partial charge in [-0.15, -0.1) is 0 Å². The quantitative estimate of drug-likeness (QED) is 0.200. The predicted molar refractivity (Wildman–Crippen MR) is 153 cm³/mol. The normalized spacial score (nSPS) is 15.4. The SMILES string of the molecule is O=S(=O)(c1ccccc1CCCCOCCCCCCNCC(O)c1ccc(O)c(CO)c1)N1CCCCC1. The van der Waals surface area contributed by atoms with Gasteiger partial charge in [-0.05, 0) is 80.8 Å². The number of piperidine rings is 1. The summed E-state index contributed by atoms with van der Waals surface area (Å²) in [6.07, 6.45) is 9.05. The second-order valence-corrected chi connectivity index (χ2v) is 12.2. The second-order valence-electron chi connectivity index (χ2n) is 10.3. The Morgan fingerprint density at radius 3 is 2.38 bits per heavy atom. The fraction of sp³-hybridized carbons (Fsp3) is 0.600. The Morgan fingerprint density at radius 2 is 1.62 bits per heavy atom. The molecule has 1 aliphatic rings. The summed E-state index contributed by atoms with van der Waals surface area (Å²) in [5.74, 6) is 0.0346. The standard InChI is InChI=1S/C30H46N2O6S/c33-24-27-22-26(15-16-28(27)34)29(35)23-31-17-7-1-2-10-20-38-21-11-6-13-25-12-4-5-14-30(25)39(36,37)32-18-8-3-9-19-32/h4-5,12,14-16,22,29,31,33-35H,1-3,6-11,13,17-21,23-24H2. The van der Waals surface area contributed by atoms with Crippen molar-refractivity contribution in [1.82, 2.24) is 9.62 Å². The van der Waals surface area contributed by atoms with Crippen LogP contribution in [-0.4, -0.2) is 67.4 Å². The zero-order chi connectivity index (χ0) is 27.9. The second kappa shape index (κ2) is 16.9. The molecular weight excluding hydrogens is 516 g/mol. The molecule has 218 valence electrons. The van der Waals surface area contributed by atoms with E-state index in [2.05, 4.69) is 5.32 Å². The number of rotatable bonds is 18. The number of ether oxygens (including phenoxy) is 1. The zero-order valence-electron chi connectivity index (χ0n) is 23.1. The Balaban J connectivity index is 1.20. The number of hydrogen-bond acceptors (Lipinski definition) is 7. The summed E-state index contributed by atoms with van der Waals surface area (Å²) in [5.41, 5.74) is 1.99. The van der Waals surface area contributed by atoms with Gasteiger partial charge in [-0.25, -0.2) is 8.42 Å². The Labute approximate surface area is 234 Å². The van der Waals surface area contributed by atoms with Crippen molar-refractivity contribution in [2.45, 2.75) is 81.8 Å². The van der Waals surface area contributed by atoms with Gasteiger partial charge in [0, 0.05) is 38.4 Å². The van der Waals surface area contributed by atoms with Gasteiger partial charge in [0.1, 0.15) is 5.75 Å². The van der Waals surface area contributed by atoms with Crippen molar-refractivity contribution in [2.75, 3.05) is 39.4 Å². The summed E-state index contributed by atoms with van der Waals surface area (Å²) in [4.78, 5) is 0.466. The van der Waals surface area contributed by atoms with Crippen molar-refractivity contribution in [3.05, 3.63) is 59.2 Å². The minimum atomic E-state index is -3.41. The third-order valence-corrected chi connectivity index (χ3v) is 9.28. The Morgan fingerprint density at radius 1 is 0.897 bits per heavy atom. The molecule has 3 rings (SSSR count). The number of hydrogen-bond donors (Lipinski definition) is 4. The van der Waals surface area contributed by atoms with Gasteiger partial charge in [-0.1, -0.05) is 43.5 Å². The number of nitrogens with one attached hydrogen (secondary N) is 1. The van der Waals surface area contributed by atoms with E-state index >= 15 is 0 Å². The maximum atomic E-state index is 13.1. The van der Waals surface area contributed by atoms with E-state index in [0.29, 0.717) is 42.3 Å². The van der Waals surface area contributed by atoms with Crippen LogP contribution < -0.4 is 5.32 Å². The Hall–Kier alpha value is -2.01. The summed E-state index contributed by atoms with van der Waals surface area (Å²) < 4.78 is 33.7. The highest BCUT2D eigenvalue weighted by atomic mass is 32.2. The number of aryl methyl sites for hydroxylation is 1. The highest BCUT2D eigenvalue weighted by Crippen LogP contribution is 2.25. The molecule has 2 aromatic carbocycles. The molecule has 9 heteroatoms. The summed E-state index contributed by atoms with van der Waals surface area (Å²) in [6.45, 7) is 3.65. The number of aromatic hydroxyl groups is 1. The minimum absolute atomic E-state index is 0.0346. The lowest BCUT2D eigenvalue weighted by Gasteiger charge is -2.26. The molecule has 0 aromatic heterocycles. The highest BCUT2D eigenvalue weighted by molar-refractivity contribution is 7.89. The van der Waals surface area contributed by atoms with Crippen LogP contribution in [0.25, 0.3) is 0 Å². The van der Waals surface area contributed by atoms with Crippen LogP contribution in [0, 0.1) is 0 Å². The summed E-state index contributed by atoms with van der Waals surface area (Å²) in [7, 11) is -3.41. The van der Waals surface area contributed by atoms with Gasteiger partial charge in [-0.3, -0.25) is 0 Å². The van der Waals surface area contributed by atoms with E-state index in [0.717, 1.165) is 82.9 Å². The van der Waals surface area contributed by atoms with Crippen LogP contribution >= 0.6 is 0 Å². The van der Waals surface area contributed by atoms with E-state index < -0.39 is 16.1 Å². The summed E-state index contributed by atoms with van der Waals surface area (Å²) in [6, 6.07) is 12.2. The molecule has 1 unspecified atom stereocenters. The molecule has 0 bridgehead atoms. The molecule has 1 heterocycles. The van der Waals surface area contributed by atoms with Gasteiger partial charge >= 0.3 is 0 Å². The molecule has 4 N–H and O–H groups in total. The fourth-order valence-electron chi connectivity index (χ4n) is 4.93. The van der Waals surface area contributed by atoms with Crippen molar-refractivity contribution >= 4 is 10.0 Å². The molecule has 2 aromatic rings. The maximum absolute atomic E-state index is 13.1. The topological polar surface area (TPSA) is 119 Å². The number of unbranched alkanes of at least 4 members (excludes halogenated alkanes) is 4. The van der Waals surface area contributed by atoms with Gasteiger partial charge in [-0.2, -0.15) is 4.31 Å². The van der Waals surface area contributed by atoms with Crippen LogP contribution in [0.3, 0.4) is 0 Å². The van der Waals surface area contributed by atoms with Crippen molar-refractivity contribution in [3.63, 3.8) is 0 Å². The zero-order valence-corrected chi connectivity index (χ0v) is 23.9. The average Bonchev–Trinajstić information content (AvgIpc) is 2.96. The maximum Gasteiger partial charge on any atom is 0.243 e. The molecule has 0 spiro atoms. The number of benzene rings is 2. The molecule has 8 nitrogen and oxygen atoms in total. The number of nitrogens with zero attached hydrogens (tertiary/aromatic N) is 1. The van der Waals surface area contributed by atoms with Crippen molar-refractivity contribution < 1.29 is 28.5 Å². The first-order valence-corrected chi connectivity index (χ1v) is 15.8. The fourth-order valence-corrected chi connectivity index (χ4v) is 6.70. The number of phenols is 1. The van der Waals surface area contributed by atoms with E-state index in [-0.39, 0.29) is 12.4 Å². The van der Waals surface area contributed by atoms with Crippen molar-refractivity contribution in [2.24, 2.45) is 0 Å². The van der Waals surface area contributed by atoms with Crippen molar-refractivity contribution in [1.29, 1.82) is 0 Å². The monoisotopic (exact) mass is 562 g/mol. The molecule has 1 atom stereocenters. The first-order valence-electron chi connectivity index (χ1n) is 14.4. The Kier molecular flexibility index (Phi) is 13.7. The van der Waals surface area contributed by atoms with Crippen LogP contribution in [0.5, 0.6) is 5.75 Å². The van der Waals surface area contributed by atoms with E-state index in [1.165, 1.54) is 6.07 Å². The molecule has 0 aliphatic carbocycles. The summed E-state index contributed by atoms with van der Waals surface area (Å²) >= 11 is 0. The number of aliphatic hydroxyl groups excluding tert-OH is 2. The van der Waals surface area contributed by atoms with Crippen LogP contribution in [0.15, 0.2) is 47.4 Å². The first kappa shape index (κ1) is 31.5. The van der Waals surface area contributed by atoms with Gasteiger partial charge in [0.05, 0.1) is 17.6 Å². The highest BCUT2D eigenvalue weighted by Gasteiger charge is 2.27. The van der Waals surface area contributed by atoms with Crippen LogP contribution in [0.4, 0.5) is 0 Å². The molecule has 0 radical (unpaired) electrons. The van der Waals surface area contributed by atoms with E-state index in [9.17, 15) is 23.7 Å². The lowest BCUT2D eigenvalue weighted by molar-refractivity contribution is 0.126. The smallest absolute Gasteiger partial charge is 0.243 e. The predicted octanol–water partition coefficient (Wildman–Crippen LogP) is 4.28. The van der Waals surface area contributed by atoms with E-state index in [1.807, 2.05) is 18.2 Å². The summed E-state index contributed by atoms with van der Waals surface area (Å²) in [5, 5.41) is 32.4. The minimum Gasteiger partial charge on any atom is -0.508 e. The van der Waals surface area contributed by atoms with Gasteiger partial charge in [0.2, 0.25) is 10.0 Å². The lowest BCUT2D eigenvalue weighted by Crippen LogP contribution is -2.36. The van der Waals surface area contributed by atoms with E-state index in [4.69, 9.17) is 4.74 Å². The molecule has 1 aliphatic heterocycles. The molecule has 1 saturated heterocycles. The van der Waals surface area contributed by atoms with Gasteiger partial charge in [0.25, 0.3) is 0 Å². The first-order chi connectivity index (χ1) is 18.9.